The molecule has 0 aliphatic heterocycles. The number of rotatable bonds is 5. The molecule has 5 heteroatoms. The quantitative estimate of drug-likeness (QED) is 0.390. The summed E-state index contributed by atoms with van der Waals surface area (Å²) in [5.74, 6) is -1.11. The van der Waals surface area contributed by atoms with Crippen molar-refractivity contribution in [3.63, 3.8) is 0 Å². The summed E-state index contributed by atoms with van der Waals surface area (Å²) in [6, 6.07) is 0. The van der Waals surface area contributed by atoms with Crippen molar-refractivity contribution in [3.05, 3.63) is 0 Å². The standard InChI is InChI=1S/C10H16O5/c1-7(12)14-9(15-8(2)13)10(3,4)5-6-11/h6,9H,5H2,1-4H3. The van der Waals surface area contributed by atoms with Crippen molar-refractivity contribution < 1.29 is 23.9 Å². The summed E-state index contributed by atoms with van der Waals surface area (Å²) in [4.78, 5) is 32.0. The second-order valence-electron chi connectivity index (χ2n) is 3.91. The van der Waals surface area contributed by atoms with Gasteiger partial charge in [0, 0.05) is 25.7 Å². The molecule has 0 amide bonds. The Labute approximate surface area is 88.7 Å². The van der Waals surface area contributed by atoms with Gasteiger partial charge in [0.2, 0.25) is 0 Å². The lowest BCUT2D eigenvalue weighted by molar-refractivity contribution is -0.207. The van der Waals surface area contributed by atoms with Gasteiger partial charge in [0.1, 0.15) is 6.29 Å². The zero-order chi connectivity index (χ0) is 12.1. The first-order valence-corrected chi connectivity index (χ1v) is 4.57. The lowest BCUT2D eigenvalue weighted by Gasteiger charge is -2.30. The molecule has 0 atom stereocenters. The van der Waals surface area contributed by atoms with E-state index in [0.29, 0.717) is 6.29 Å². The molecule has 0 aliphatic carbocycles. The van der Waals surface area contributed by atoms with Gasteiger partial charge in [-0.1, -0.05) is 13.8 Å². The number of ether oxygens (including phenoxy) is 2. The Morgan fingerprint density at radius 1 is 1.20 bits per heavy atom. The van der Waals surface area contributed by atoms with Crippen LogP contribution in [0.1, 0.15) is 34.1 Å². The molecular formula is C10H16O5. The van der Waals surface area contributed by atoms with Crippen molar-refractivity contribution in [2.75, 3.05) is 0 Å². The number of hydrogen-bond acceptors (Lipinski definition) is 5. The molecule has 86 valence electrons. The first-order chi connectivity index (χ1) is 6.79. The van der Waals surface area contributed by atoms with Crippen molar-refractivity contribution in [1.29, 1.82) is 0 Å². The van der Waals surface area contributed by atoms with Gasteiger partial charge in [-0.15, -0.1) is 0 Å². The maximum atomic E-state index is 10.8. The fourth-order valence-corrected chi connectivity index (χ4v) is 0.956. The van der Waals surface area contributed by atoms with E-state index in [2.05, 4.69) is 0 Å². The fraction of sp³-hybridized carbons (Fsp3) is 0.700. The molecule has 0 heterocycles. The summed E-state index contributed by atoms with van der Waals surface area (Å²) in [5, 5.41) is 0. The smallest absolute Gasteiger partial charge is 0.305 e. The Morgan fingerprint density at radius 3 is 1.87 bits per heavy atom. The number of esters is 2. The summed E-state index contributed by atoms with van der Waals surface area (Å²) < 4.78 is 9.68. The van der Waals surface area contributed by atoms with Gasteiger partial charge in [0.05, 0.1) is 0 Å². The van der Waals surface area contributed by atoms with E-state index in [0.717, 1.165) is 0 Å². The Balaban J connectivity index is 4.65. The van der Waals surface area contributed by atoms with Gasteiger partial charge in [-0.25, -0.2) is 0 Å². The molecule has 0 bridgehead atoms. The molecule has 0 aromatic carbocycles. The Bertz CT molecular complexity index is 241. The van der Waals surface area contributed by atoms with E-state index in [1.165, 1.54) is 13.8 Å². The van der Waals surface area contributed by atoms with Gasteiger partial charge >= 0.3 is 11.9 Å². The van der Waals surface area contributed by atoms with Gasteiger partial charge in [-0.05, 0) is 0 Å². The van der Waals surface area contributed by atoms with E-state index >= 15 is 0 Å². The molecule has 5 nitrogen and oxygen atoms in total. The molecule has 0 saturated heterocycles. The zero-order valence-corrected chi connectivity index (χ0v) is 9.40. The number of hydrogen-bond donors (Lipinski definition) is 0. The van der Waals surface area contributed by atoms with Crippen LogP contribution in [0.4, 0.5) is 0 Å². The van der Waals surface area contributed by atoms with E-state index in [1.54, 1.807) is 13.8 Å². The molecule has 0 aliphatic rings. The lowest BCUT2D eigenvalue weighted by atomic mass is 9.89. The maximum Gasteiger partial charge on any atom is 0.305 e. The van der Waals surface area contributed by atoms with E-state index in [-0.39, 0.29) is 6.42 Å². The molecule has 15 heavy (non-hydrogen) atoms. The molecule has 0 spiro atoms. The number of aldehydes is 1. The van der Waals surface area contributed by atoms with Crippen LogP contribution >= 0.6 is 0 Å². The van der Waals surface area contributed by atoms with E-state index in [9.17, 15) is 14.4 Å². The monoisotopic (exact) mass is 216 g/mol. The van der Waals surface area contributed by atoms with Gasteiger partial charge in [-0.3, -0.25) is 9.59 Å². The summed E-state index contributed by atoms with van der Waals surface area (Å²) in [6.45, 7) is 5.79. The highest BCUT2D eigenvalue weighted by Crippen LogP contribution is 2.27. The number of carbonyl (C=O) groups excluding carboxylic acids is 3. The maximum absolute atomic E-state index is 10.8. The normalized spacial score (nSPS) is 11.0. The minimum atomic E-state index is -1.03. The summed E-state index contributed by atoms with van der Waals surface area (Å²) >= 11 is 0. The van der Waals surface area contributed by atoms with Crippen molar-refractivity contribution in [3.8, 4) is 0 Å². The highest BCUT2D eigenvalue weighted by molar-refractivity contribution is 5.68. The van der Waals surface area contributed by atoms with Gasteiger partial charge in [-0.2, -0.15) is 0 Å². The largest absolute Gasteiger partial charge is 0.425 e. The van der Waals surface area contributed by atoms with Crippen LogP contribution in [0.25, 0.3) is 0 Å². The zero-order valence-electron chi connectivity index (χ0n) is 9.40. The average Bonchev–Trinajstić information content (AvgIpc) is 2.00. The van der Waals surface area contributed by atoms with Crippen LogP contribution in [0.2, 0.25) is 0 Å². The topological polar surface area (TPSA) is 69.7 Å². The van der Waals surface area contributed by atoms with Crippen LogP contribution in [0.3, 0.4) is 0 Å². The van der Waals surface area contributed by atoms with Crippen molar-refractivity contribution >= 4 is 18.2 Å². The van der Waals surface area contributed by atoms with Gasteiger partial charge in [0.15, 0.2) is 0 Å². The van der Waals surface area contributed by atoms with Crippen LogP contribution < -0.4 is 0 Å². The molecule has 0 unspecified atom stereocenters. The predicted octanol–water partition coefficient (Wildman–Crippen LogP) is 1.05. The Morgan fingerprint density at radius 2 is 1.60 bits per heavy atom. The third-order valence-electron chi connectivity index (χ3n) is 1.79. The first kappa shape index (κ1) is 13.6. The predicted molar refractivity (Wildman–Crippen MR) is 51.8 cm³/mol. The van der Waals surface area contributed by atoms with Gasteiger partial charge in [0.25, 0.3) is 6.29 Å². The average molecular weight is 216 g/mol. The van der Waals surface area contributed by atoms with Crippen LogP contribution in [0.5, 0.6) is 0 Å². The Kier molecular flexibility index (Phi) is 4.97. The van der Waals surface area contributed by atoms with Crippen molar-refractivity contribution in [2.45, 2.75) is 40.4 Å². The van der Waals surface area contributed by atoms with Crippen LogP contribution in [-0.2, 0) is 23.9 Å². The second kappa shape index (κ2) is 5.48. The highest BCUT2D eigenvalue weighted by atomic mass is 16.7. The lowest BCUT2D eigenvalue weighted by Crippen LogP contribution is -2.37. The first-order valence-electron chi connectivity index (χ1n) is 4.57. The number of carbonyl (C=O) groups is 3. The van der Waals surface area contributed by atoms with E-state index in [4.69, 9.17) is 9.47 Å². The second-order valence-corrected chi connectivity index (χ2v) is 3.91. The van der Waals surface area contributed by atoms with Crippen LogP contribution in [0, 0.1) is 5.41 Å². The van der Waals surface area contributed by atoms with E-state index < -0.39 is 23.6 Å². The molecule has 0 rings (SSSR count). The minimum Gasteiger partial charge on any atom is -0.425 e. The fourth-order valence-electron chi connectivity index (χ4n) is 0.956. The third-order valence-corrected chi connectivity index (χ3v) is 1.79. The van der Waals surface area contributed by atoms with E-state index in [1.807, 2.05) is 0 Å². The summed E-state index contributed by atoms with van der Waals surface area (Å²) in [6.07, 6.45) is -0.198. The summed E-state index contributed by atoms with van der Waals surface area (Å²) in [5.41, 5.74) is -0.723. The van der Waals surface area contributed by atoms with Crippen molar-refractivity contribution in [2.24, 2.45) is 5.41 Å². The molecule has 0 aromatic heterocycles. The molecule has 0 radical (unpaired) electrons. The van der Waals surface area contributed by atoms with Crippen LogP contribution in [0.15, 0.2) is 0 Å². The third kappa shape index (κ3) is 5.15. The molecule has 0 aromatic rings. The molecule has 0 fully saturated rings. The SMILES string of the molecule is CC(=O)OC(OC(C)=O)C(C)(C)CC=O. The molecule has 0 N–H and O–H groups in total. The van der Waals surface area contributed by atoms with Crippen LogP contribution in [-0.4, -0.2) is 24.5 Å². The molecular weight excluding hydrogens is 200 g/mol. The Hall–Kier alpha value is -1.39. The summed E-state index contributed by atoms with van der Waals surface area (Å²) in [7, 11) is 0. The van der Waals surface area contributed by atoms with Crippen molar-refractivity contribution in [1.82, 2.24) is 0 Å². The highest BCUT2D eigenvalue weighted by Gasteiger charge is 2.34. The van der Waals surface area contributed by atoms with Gasteiger partial charge < -0.3 is 14.3 Å². The molecule has 0 saturated carbocycles. The minimum absolute atomic E-state index is 0.137.